The number of unbranched alkanes of at least 4 members (excludes halogenated alkanes) is 2. The van der Waals surface area contributed by atoms with Gasteiger partial charge in [0.25, 0.3) is 0 Å². The van der Waals surface area contributed by atoms with Gasteiger partial charge in [-0.1, -0.05) is 26.7 Å². The third kappa shape index (κ3) is 13.1. The van der Waals surface area contributed by atoms with E-state index >= 15 is 0 Å². The summed E-state index contributed by atoms with van der Waals surface area (Å²) in [6, 6.07) is 0. The van der Waals surface area contributed by atoms with Gasteiger partial charge in [0, 0.05) is 12.8 Å². The molecule has 0 aromatic heterocycles. The Hall–Kier alpha value is -1.10. The largest absolute Gasteiger partial charge is 0.463 e. The van der Waals surface area contributed by atoms with Gasteiger partial charge in [-0.15, -0.1) is 0 Å². The fraction of sp³-hybridized carbons (Fsp3) is 0.857. The maximum Gasteiger partial charge on any atom is 0.305 e. The van der Waals surface area contributed by atoms with Crippen molar-refractivity contribution in [3.05, 3.63) is 0 Å². The van der Waals surface area contributed by atoms with E-state index in [4.69, 9.17) is 14.2 Å². The first-order valence-corrected chi connectivity index (χ1v) is 7.09. The molecule has 0 bridgehead atoms. The summed E-state index contributed by atoms with van der Waals surface area (Å²) in [7, 11) is 0. The van der Waals surface area contributed by atoms with Crippen LogP contribution in [0.25, 0.3) is 0 Å². The summed E-state index contributed by atoms with van der Waals surface area (Å²) in [5.74, 6) is -0.375. The standard InChI is InChI=1S/C14H26O5/c1-3-5-6-8-14(16)19-12-10-17-9-11-18-13(15)7-4-2/h3-12H2,1-2H3. The first-order chi connectivity index (χ1) is 9.20. The van der Waals surface area contributed by atoms with E-state index in [0.29, 0.717) is 26.1 Å². The minimum Gasteiger partial charge on any atom is -0.463 e. The number of carbonyl (C=O) groups excluding carboxylic acids is 2. The molecule has 0 heterocycles. The van der Waals surface area contributed by atoms with Crippen molar-refractivity contribution >= 4 is 11.9 Å². The topological polar surface area (TPSA) is 61.8 Å². The van der Waals surface area contributed by atoms with Gasteiger partial charge in [-0.25, -0.2) is 0 Å². The monoisotopic (exact) mass is 274 g/mol. The third-order valence-corrected chi connectivity index (χ3v) is 2.42. The van der Waals surface area contributed by atoms with Crippen LogP contribution in [-0.4, -0.2) is 38.4 Å². The van der Waals surface area contributed by atoms with Crippen LogP contribution >= 0.6 is 0 Å². The smallest absolute Gasteiger partial charge is 0.305 e. The van der Waals surface area contributed by atoms with Crippen LogP contribution in [0.3, 0.4) is 0 Å². The minimum absolute atomic E-state index is 0.175. The highest BCUT2D eigenvalue weighted by Gasteiger charge is 2.02. The molecule has 0 atom stereocenters. The molecule has 0 aliphatic heterocycles. The quantitative estimate of drug-likeness (QED) is 0.404. The van der Waals surface area contributed by atoms with Crippen molar-refractivity contribution in [1.82, 2.24) is 0 Å². The molecule has 0 rings (SSSR count). The lowest BCUT2D eigenvalue weighted by Crippen LogP contribution is -2.14. The van der Waals surface area contributed by atoms with Crippen molar-refractivity contribution in [2.24, 2.45) is 0 Å². The van der Waals surface area contributed by atoms with Gasteiger partial charge in [0.15, 0.2) is 0 Å². The van der Waals surface area contributed by atoms with Crippen molar-refractivity contribution in [1.29, 1.82) is 0 Å². The molecule has 0 aliphatic carbocycles. The van der Waals surface area contributed by atoms with E-state index in [0.717, 1.165) is 25.7 Å². The van der Waals surface area contributed by atoms with Crippen LogP contribution in [0.15, 0.2) is 0 Å². The molecule has 0 amide bonds. The van der Waals surface area contributed by atoms with E-state index in [1.54, 1.807) is 0 Å². The highest BCUT2D eigenvalue weighted by Crippen LogP contribution is 2.00. The van der Waals surface area contributed by atoms with Gasteiger partial charge in [0.1, 0.15) is 13.2 Å². The molecular formula is C14H26O5. The number of hydrogen-bond acceptors (Lipinski definition) is 5. The Labute approximate surface area is 115 Å². The summed E-state index contributed by atoms with van der Waals surface area (Å²) in [5.41, 5.74) is 0. The Morgan fingerprint density at radius 2 is 1.32 bits per heavy atom. The van der Waals surface area contributed by atoms with Crippen LogP contribution in [0.2, 0.25) is 0 Å². The lowest BCUT2D eigenvalue weighted by molar-refractivity contribution is -0.146. The molecule has 0 saturated carbocycles. The second-order valence-corrected chi connectivity index (χ2v) is 4.26. The summed E-state index contributed by atoms with van der Waals surface area (Å²) in [5, 5.41) is 0. The molecule has 112 valence electrons. The fourth-order valence-electron chi connectivity index (χ4n) is 1.40. The Kier molecular flexibility index (Phi) is 12.6. The van der Waals surface area contributed by atoms with Gasteiger partial charge in [-0.2, -0.15) is 0 Å². The average Bonchev–Trinajstić information content (AvgIpc) is 2.38. The summed E-state index contributed by atoms with van der Waals surface area (Å²) < 4.78 is 15.1. The van der Waals surface area contributed by atoms with Gasteiger partial charge < -0.3 is 14.2 Å². The first-order valence-electron chi connectivity index (χ1n) is 7.09. The summed E-state index contributed by atoms with van der Waals surface area (Å²) >= 11 is 0. The Balaban J connectivity index is 3.22. The van der Waals surface area contributed by atoms with Crippen molar-refractivity contribution in [3.8, 4) is 0 Å². The van der Waals surface area contributed by atoms with Crippen LogP contribution < -0.4 is 0 Å². The molecule has 0 fully saturated rings. The normalized spacial score (nSPS) is 10.2. The van der Waals surface area contributed by atoms with E-state index < -0.39 is 0 Å². The van der Waals surface area contributed by atoms with Crippen molar-refractivity contribution in [2.75, 3.05) is 26.4 Å². The predicted molar refractivity (Wildman–Crippen MR) is 71.8 cm³/mol. The molecule has 0 spiro atoms. The SMILES string of the molecule is CCCCCC(=O)OCCOCCOC(=O)CCC. The van der Waals surface area contributed by atoms with Crippen LogP contribution in [0.1, 0.15) is 52.4 Å². The van der Waals surface area contributed by atoms with Crippen molar-refractivity contribution < 1.29 is 23.8 Å². The maximum absolute atomic E-state index is 11.2. The van der Waals surface area contributed by atoms with Gasteiger partial charge in [-0.3, -0.25) is 9.59 Å². The van der Waals surface area contributed by atoms with Gasteiger partial charge >= 0.3 is 11.9 Å². The summed E-state index contributed by atoms with van der Waals surface area (Å²) in [6.45, 7) is 5.20. The minimum atomic E-state index is -0.201. The van der Waals surface area contributed by atoms with Crippen LogP contribution in [0.4, 0.5) is 0 Å². The first kappa shape index (κ1) is 17.9. The van der Waals surface area contributed by atoms with Crippen LogP contribution in [-0.2, 0) is 23.8 Å². The zero-order chi connectivity index (χ0) is 14.3. The summed E-state index contributed by atoms with van der Waals surface area (Å²) in [4.78, 5) is 22.2. The molecule has 0 radical (unpaired) electrons. The zero-order valence-electron chi connectivity index (χ0n) is 12.1. The highest BCUT2D eigenvalue weighted by atomic mass is 16.6. The van der Waals surface area contributed by atoms with Gasteiger partial charge in [-0.05, 0) is 12.8 Å². The second-order valence-electron chi connectivity index (χ2n) is 4.26. The lowest BCUT2D eigenvalue weighted by atomic mass is 10.2. The van der Waals surface area contributed by atoms with Gasteiger partial charge in [0.05, 0.1) is 13.2 Å². The molecule has 0 aromatic carbocycles. The number of rotatable bonds is 12. The van der Waals surface area contributed by atoms with E-state index in [-0.39, 0.29) is 25.2 Å². The predicted octanol–water partition coefficient (Wildman–Crippen LogP) is 2.47. The van der Waals surface area contributed by atoms with Crippen molar-refractivity contribution in [2.45, 2.75) is 52.4 Å². The van der Waals surface area contributed by atoms with E-state index in [9.17, 15) is 9.59 Å². The molecule has 0 unspecified atom stereocenters. The molecule has 5 nitrogen and oxygen atoms in total. The molecular weight excluding hydrogens is 248 g/mol. The number of esters is 2. The van der Waals surface area contributed by atoms with E-state index in [2.05, 4.69) is 6.92 Å². The summed E-state index contributed by atoms with van der Waals surface area (Å²) in [6.07, 6.45) is 4.72. The Bertz CT molecular complexity index is 240. The molecule has 0 N–H and O–H groups in total. The van der Waals surface area contributed by atoms with Crippen LogP contribution in [0, 0.1) is 0 Å². The fourth-order valence-corrected chi connectivity index (χ4v) is 1.40. The van der Waals surface area contributed by atoms with Crippen LogP contribution in [0.5, 0.6) is 0 Å². The molecule has 0 aromatic rings. The molecule has 0 aliphatic rings. The second kappa shape index (κ2) is 13.3. The highest BCUT2D eigenvalue weighted by molar-refractivity contribution is 5.69. The average molecular weight is 274 g/mol. The van der Waals surface area contributed by atoms with Gasteiger partial charge in [0.2, 0.25) is 0 Å². The number of ether oxygens (including phenoxy) is 3. The Morgan fingerprint density at radius 1 is 0.737 bits per heavy atom. The van der Waals surface area contributed by atoms with Crippen molar-refractivity contribution in [3.63, 3.8) is 0 Å². The lowest BCUT2D eigenvalue weighted by Gasteiger charge is -2.06. The zero-order valence-corrected chi connectivity index (χ0v) is 12.1. The maximum atomic E-state index is 11.2. The molecule has 19 heavy (non-hydrogen) atoms. The van der Waals surface area contributed by atoms with E-state index in [1.807, 2.05) is 6.92 Å². The third-order valence-electron chi connectivity index (χ3n) is 2.42. The number of carbonyl (C=O) groups is 2. The molecule has 0 saturated heterocycles. The molecule has 5 heteroatoms. The Morgan fingerprint density at radius 3 is 1.84 bits per heavy atom. The number of hydrogen-bond donors (Lipinski definition) is 0. The van der Waals surface area contributed by atoms with E-state index in [1.165, 1.54) is 0 Å².